The first-order valence-corrected chi connectivity index (χ1v) is 16.1. The van der Waals surface area contributed by atoms with E-state index in [4.69, 9.17) is 21.0 Å². The van der Waals surface area contributed by atoms with Gasteiger partial charge in [0.2, 0.25) is 0 Å². The van der Waals surface area contributed by atoms with Gasteiger partial charge in [-0.05, 0) is 74.7 Å². The van der Waals surface area contributed by atoms with Crippen molar-refractivity contribution in [2.45, 2.75) is 43.8 Å². The van der Waals surface area contributed by atoms with E-state index in [0.29, 0.717) is 11.6 Å². The van der Waals surface area contributed by atoms with Crippen LogP contribution in [0.2, 0.25) is 5.02 Å². The van der Waals surface area contributed by atoms with Crippen molar-refractivity contribution < 1.29 is 9.21 Å². The molecule has 3 aromatic carbocycles. The van der Waals surface area contributed by atoms with E-state index in [1.54, 1.807) is 16.7 Å². The number of pyridine rings is 1. The van der Waals surface area contributed by atoms with Crippen LogP contribution < -0.4 is 10.2 Å². The number of anilines is 1. The molecule has 5 aromatic rings. The third kappa shape index (κ3) is 6.43. The Kier molecular flexibility index (Phi) is 8.97. The van der Waals surface area contributed by atoms with Gasteiger partial charge in [0, 0.05) is 33.1 Å². The Morgan fingerprint density at radius 1 is 0.927 bits per heavy atom. The van der Waals surface area contributed by atoms with E-state index in [2.05, 4.69) is 49.5 Å². The van der Waals surface area contributed by atoms with Gasteiger partial charge in [0.1, 0.15) is 16.4 Å². The number of benzene rings is 3. The van der Waals surface area contributed by atoms with Crippen LogP contribution in [-0.2, 0) is 13.1 Å². The molecule has 0 radical (unpaired) electrons. The number of thioether (sulfide) groups is 2. The topological polar surface area (TPSA) is 58.4 Å². The van der Waals surface area contributed by atoms with Gasteiger partial charge in [0.25, 0.3) is 0 Å². The zero-order valence-corrected chi connectivity index (χ0v) is 26.1. The molecule has 0 aliphatic rings. The van der Waals surface area contributed by atoms with Crippen molar-refractivity contribution in [3.8, 4) is 11.1 Å². The molecule has 0 atom stereocenters. The van der Waals surface area contributed by atoms with E-state index in [1.807, 2.05) is 61.9 Å². The van der Waals surface area contributed by atoms with Gasteiger partial charge in [-0.25, -0.2) is 9.78 Å². The number of rotatable bonds is 8. The molecule has 2 heterocycles. The lowest BCUT2D eigenvalue weighted by Gasteiger charge is -2.26. The van der Waals surface area contributed by atoms with Crippen molar-refractivity contribution in [1.82, 2.24) is 10.3 Å². The number of hydrogen-bond donors (Lipinski definition) is 1. The molecule has 0 bridgehead atoms. The second-order valence-corrected chi connectivity index (χ2v) is 12.0. The number of amides is 2. The Balaban J connectivity index is 1.63. The maximum absolute atomic E-state index is 14.1. The predicted molar refractivity (Wildman–Crippen MR) is 174 cm³/mol. The lowest BCUT2D eigenvalue weighted by atomic mass is 9.99. The van der Waals surface area contributed by atoms with Crippen LogP contribution in [0.4, 0.5) is 10.5 Å². The Morgan fingerprint density at radius 3 is 2.32 bits per heavy atom. The second-order valence-electron chi connectivity index (χ2n) is 9.96. The summed E-state index contributed by atoms with van der Waals surface area (Å²) in [4.78, 5) is 21.6. The number of hydrogen-bond acceptors (Lipinski definition) is 5. The molecule has 0 fully saturated rings. The minimum Gasteiger partial charge on any atom is -0.458 e. The molecule has 0 spiro atoms. The summed E-state index contributed by atoms with van der Waals surface area (Å²) in [6.45, 7) is 6.72. The summed E-state index contributed by atoms with van der Waals surface area (Å²) >= 11 is 9.20. The van der Waals surface area contributed by atoms with Crippen molar-refractivity contribution >= 4 is 57.8 Å². The highest BCUT2D eigenvalue weighted by Crippen LogP contribution is 2.41. The highest BCUT2D eigenvalue weighted by molar-refractivity contribution is 7.99. The maximum Gasteiger partial charge on any atom is 0.322 e. The summed E-state index contributed by atoms with van der Waals surface area (Å²) in [5, 5.41) is 5.60. The summed E-state index contributed by atoms with van der Waals surface area (Å²) in [7, 11) is 0. The Labute approximate surface area is 254 Å². The summed E-state index contributed by atoms with van der Waals surface area (Å²) in [6, 6.07) is 23.9. The van der Waals surface area contributed by atoms with E-state index < -0.39 is 0 Å². The molecule has 1 N–H and O–H groups in total. The number of halogens is 1. The number of aryl methyl sites for hydroxylation is 3. The number of urea groups is 1. The fourth-order valence-electron chi connectivity index (χ4n) is 4.84. The van der Waals surface area contributed by atoms with Crippen molar-refractivity contribution in [2.75, 3.05) is 17.4 Å². The number of aromatic nitrogens is 1. The molecule has 5 nitrogen and oxygen atoms in total. The fourth-order valence-corrected chi connectivity index (χ4v) is 6.36. The van der Waals surface area contributed by atoms with Gasteiger partial charge >= 0.3 is 6.03 Å². The van der Waals surface area contributed by atoms with Crippen LogP contribution in [0.15, 0.2) is 87.1 Å². The number of nitrogens with zero attached hydrogens (tertiary/aromatic N) is 2. The first-order chi connectivity index (χ1) is 19.8. The van der Waals surface area contributed by atoms with Gasteiger partial charge in [-0.3, -0.25) is 4.90 Å². The first-order valence-electron chi connectivity index (χ1n) is 13.3. The third-order valence-corrected chi connectivity index (χ3v) is 8.57. The molecular weight excluding hydrogens is 570 g/mol. The second kappa shape index (κ2) is 12.6. The monoisotopic (exact) mass is 601 g/mol. The van der Waals surface area contributed by atoms with Crippen LogP contribution in [0.1, 0.15) is 28.1 Å². The van der Waals surface area contributed by atoms with Crippen LogP contribution in [0.5, 0.6) is 0 Å². The van der Waals surface area contributed by atoms with Crippen LogP contribution in [-0.4, -0.2) is 23.5 Å². The Hall–Kier alpha value is -3.39. The molecule has 0 saturated heterocycles. The van der Waals surface area contributed by atoms with Crippen molar-refractivity contribution in [2.24, 2.45) is 0 Å². The fraction of sp³-hybridized carbons (Fsp3) is 0.212. The van der Waals surface area contributed by atoms with Crippen LogP contribution in [0.25, 0.3) is 22.1 Å². The highest BCUT2D eigenvalue weighted by Gasteiger charge is 2.27. The minimum absolute atomic E-state index is 0.231. The summed E-state index contributed by atoms with van der Waals surface area (Å²) < 4.78 is 6.52. The summed E-state index contributed by atoms with van der Waals surface area (Å²) in [6.07, 6.45) is 4.01. The lowest BCUT2D eigenvalue weighted by molar-refractivity contribution is 0.245. The molecule has 2 amide bonds. The summed E-state index contributed by atoms with van der Waals surface area (Å²) in [5.41, 5.74) is 7.80. The standard InChI is InChI=1S/C33H32ClN3O2S2/c1-20-6-11-24(12-7-20)30-26-16-21(2)8-15-27(26)39-28(30)19-37(31-29(40-4)17-22(3)36-32(31)41-5)33(38)35-18-23-9-13-25(34)14-10-23/h6-17H,18-19H2,1-5H3,(H,35,38). The number of furan rings is 1. The van der Waals surface area contributed by atoms with Gasteiger partial charge in [0.05, 0.1) is 12.2 Å². The quantitative estimate of drug-likeness (QED) is 0.179. The van der Waals surface area contributed by atoms with E-state index in [9.17, 15) is 4.79 Å². The molecule has 0 aliphatic heterocycles. The van der Waals surface area contributed by atoms with Gasteiger partial charge in [-0.2, -0.15) is 0 Å². The van der Waals surface area contributed by atoms with Crippen molar-refractivity contribution in [3.05, 3.63) is 106 Å². The van der Waals surface area contributed by atoms with Crippen LogP contribution in [0, 0.1) is 20.8 Å². The molecule has 210 valence electrons. The van der Waals surface area contributed by atoms with E-state index in [-0.39, 0.29) is 12.6 Å². The molecule has 5 rings (SSSR count). The smallest absolute Gasteiger partial charge is 0.322 e. The number of carbonyl (C=O) groups excluding carboxylic acids is 1. The van der Waals surface area contributed by atoms with Gasteiger partial charge in [0.15, 0.2) is 0 Å². The van der Waals surface area contributed by atoms with Crippen LogP contribution in [0.3, 0.4) is 0 Å². The van der Waals surface area contributed by atoms with Crippen molar-refractivity contribution in [3.63, 3.8) is 0 Å². The SMILES string of the molecule is CSc1cc(C)nc(SC)c1N(Cc1oc2ccc(C)cc2c1-c1ccc(C)cc1)C(=O)NCc1ccc(Cl)cc1. The summed E-state index contributed by atoms with van der Waals surface area (Å²) in [5.74, 6) is 0.718. The van der Waals surface area contributed by atoms with Crippen molar-refractivity contribution in [1.29, 1.82) is 0 Å². The maximum atomic E-state index is 14.1. The van der Waals surface area contributed by atoms with Gasteiger partial charge in [-0.1, -0.05) is 65.2 Å². The van der Waals surface area contributed by atoms with E-state index >= 15 is 0 Å². The normalized spacial score (nSPS) is 11.2. The zero-order valence-electron chi connectivity index (χ0n) is 23.7. The average molecular weight is 602 g/mol. The van der Waals surface area contributed by atoms with Gasteiger partial charge in [-0.15, -0.1) is 23.5 Å². The number of carbonyl (C=O) groups is 1. The molecule has 0 saturated carbocycles. The Bertz CT molecular complexity index is 1670. The third-order valence-electron chi connectivity index (χ3n) is 6.90. The number of nitrogens with one attached hydrogen (secondary N) is 1. The number of fused-ring (bicyclic) bond motifs is 1. The molecule has 8 heteroatoms. The molecule has 41 heavy (non-hydrogen) atoms. The minimum atomic E-state index is -0.234. The molecule has 2 aromatic heterocycles. The molecular formula is C33H32ClN3O2S2. The Morgan fingerprint density at radius 2 is 1.63 bits per heavy atom. The largest absolute Gasteiger partial charge is 0.458 e. The van der Waals surface area contributed by atoms with Crippen LogP contribution >= 0.6 is 35.1 Å². The predicted octanol–water partition coefficient (Wildman–Crippen LogP) is 9.43. The highest BCUT2D eigenvalue weighted by atomic mass is 35.5. The lowest BCUT2D eigenvalue weighted by Crippen LogP contribution is -2.40. The zero-order chi connectivity index (χ0) is 29.1. The molecule has 0 unspecified atom stereocenters. The average Bonchev–Trinajstić information content (AvgIpc) is 3.32. The van der Waals surface area contributed by atoms with E-state index in [1.165, 1.54) is 17.3 Å². The van der Waals surface area contributed by atoms with E-state index in [0.717, 1.165) is 60.3 Å². The first kappa shape index (κ1) is 29.1. The molecule has 0 aliphatic carbocycles. The van der Waals surface area contributed by atoms with Gasteiger partial charge < -0.3 is 9.73 Å².